The van der Waals surface area contributed by atoms with Crippen LogP contribution in [0.25, 0.3) is 0 Å². The molecule has 1 aromatic rings. The van der Waals surface area contributed by atoms with Crippen LogP contribution in [0.15, 0.2) is 29.2 Å². The SMILES string of the molecule is CCCSc1ccccc1N1CCN(CCCCC#N)CC1.Cl. The molecule has 0 aliphatic carbocycles. The van der Waals surface area contributed by atoms with Gasteiger partial charge in [0.05, 0.1) is 11.8 Å². The Morgan fingerprint density at radius 1 is 1.13 bits per heavy atom. The molecule has 0 unspecified atom stereocenters. The monoisotopic (exact) mass is 353 g/mol. The highest BCUT2D eigenvalue weighted by atomic mass is 35.5. The molecule has 128 valence electrons. The van der Waals surface area contributed by atoms with Crippen molar-refractivity contribution in [3.05, 3.63) is 24.3 Å². The minimum absolute atomic E-state index is 0. The normalized spacial score (nSPS) is 15.0. The number of nitrogens with zero attached hydrogens (tertiary/aromatic N) is 3. The molecule has 0 saturated carbocycles. The summed E-state index contributed by atoms with van der Waals surface area (Å²) in [5, 5.41) is 8.58. The number of piperazine rings is 1. The lowest BCUT2D eigenvalue weighted by molar-refractivity contribution is 0.253. The predicted molar refractivity (Wildman–Crippen MR) is 103 cm³/mol. The van der Waals surface area contributed by atoms with Crippen LogP contribution in [0.3, 0.4) is 0 Å². The van der Waals surface area contributed by atoms with Crippen molar-refractivity contribution in [3.8, 4) is 6.07 Å². The van der Waals surface area contributed by atoms with E-state index in [0.717, 1.165) is 45.6 Å². The van der Waals surface area contributed by atoms with Crippen molar-refractivity contribution in [3.63, 3.8) is 0 Å². The largest absolute Gasteiger partial charge is 0.368 e. The number of hydrogen-bond acceptors (Lipinski definition) is 4. The van der Waals surface area contributed by atoms with Crippen molar-refractivity contribution in [2.75, 3.05) is 43.4 Å². The van der Waals surface area contributed by atoms with E-state index in [1.165, 1.54) is 22.8 Å². The van der Waals surface area contributed by atoms with Crippen LogP contribution in [0, 0.1) is 11.3 Å². The van der Waals surface area contributed by atoms with Crippen LogP contribution in [-0.4, -0.2) is 43.4 Å². The average molecular weight is 354 g/mol. The Balaban J connectivity index is 0.00000264. The van der Waals surface area contributed by atoms with E-state index in [-0.39, 0.29) is 12.4 Å². The third-order valence-corrected chi connectivity index (χ3v) is 5.32. The fourth-order valence-corrected chi connectivity index (χ4v) is 3.75. The van der Waals surface area contributed by atoms with Gasteiger partial charge in [0.1, 0.15) is 0 Å². The quantitative estimate of drug-likeness (QED) is 0.511. The molecule has 1 aromatic carbocycles. The van der Waals surface area contributed by atoms with Crippen molar-refractivity contribution >= 4 is 29.9 Å². The summed E-state index contributed by atoms with van der Waals surface area (Å²) in [6, 6.07) is 11.0. The van der Waals surface area contributed by atoms with Crippen LogP contribution in [0.1, 0.15) is 32.6 Å². The smallest absolute Gasteiger partial charge is 0.0621 e. The van der Waals surface area contributed by atoms with Crippen molar-refractivity contribution in [2.45, 2.75) is 37.5 Å². The topological polar surface area (TPSA) is 30.3 Å². The zero-order chi connectivity index (χ0) is 15.6. The van der Waals surface area contributed by atoms with Crippen molar-refractivity contribution in [1.82, 2.24) is 4.90 Å². The van der Waals surface area contributed by atoms with E-state index in [1.807, 2.05) is 11.8 Å². The summed E-state index contributed by atoms with van der Waals surface area (Å²) in [5.41, 5.74) is 1.41. The third-order valence-electron chi connectivity index (χ3n) is 4.05. The Labute approximate surface area is 151 Å². The number of halogens is 1. The van der Waals surface area contributed by atoms with Crippen molar-refractivity contribution < 1.29 is 0 Å². The van der Waals surface area contributed by atoms with Crippen LogP contribution >= 0.6 is 24.2 Å². The van der Waals surface area contributed by atoms with E-state index in [2.05, 4.69) is 47.1 Å². The van der Waals surface area contributed by atoms with Crippen molar-refractivity contribution in [1.29, 1.82) is 5.26 Å². The fourth-order valence-electron chi connectivity index (χ4n) is 2.80. The van der Waals surface area contributed by atoms with Gasteiger partial charge in [0, 0.05) is 37.5 Å². The molecule has 0 bridgehead atoms. The van der Waals surface area contributed by atoms with Gasteiger partial charge in [0.15, 0.2) is 0 Å². The molecule has 1 aliphatic heterocycles. The summed E-state index contributed by atoms with van der Waals surface area (Å²) in [6.45, 7) is 7.88. The summed E-state index contributed by atoms with van der Waals surface area (Å²) in [4.78, 5) is 6.49. The number of anilines is 1. The van der Waals surface area contributed by atoms with Gasteiger partial charge in [-0.05, 0) is 43.7 Å². The van der Waals surface area contributed by atoms with Gasteiger partial charge in [0.25, 0.3) is 0 Å². The lowest BCUT2D eigenvalue weighted by Gasteiger charge is -2.37. The zero-order valence-electron chi connectivity index (χ0n) is 14.0. The van der Waals surface area contributed by atoms with Gasteiger partial charge in [-0.15, -0.1) is 24.2 Å². The van der Waals surface area contributed by atoms with Crippen LogP contribution in [0.5, 0.6) is 0 Å². The molecule has 0 amide bonds. The third kappa shape index (κ3) is 6.63. The maximum Gasteiger partial charge on any atom is 0.0621 e. The number of rotatable bonds is 8. The van der Waals surface area contributed by atoms with E-state index in [1.54, 1.807) is 0 Å². The van der Waals surface area contributed by atoms with E-state index < -0.39 is 0 Å². The summed E-state index contributed by atoms with van der Waals surface area (Å²) in [6.07, 6.45) is 4.10. The van der Waals surface area contributed by atoms with Gasteiger partial charge >= 0.3 is 0 Å². The van der Waals surface area contributed by atoms with Gasteiger partial charge < -0.3 is 4.90 Å². The molecule has 0 atom stereocenters. The summed E-state index contributed by atoms with van der Waals surface area (Å²) in [7, 11) is 0. The Morgan fingerprint density at radius 2 is 1.87 bits per heavy atom. The zero-order valence-corrected chi connectivity index (χ0v) is 15.7. The number of thioether (sulfide) groups is 1. The van der Waals surface area contributed by atoms with Gasteiger partial charge in [-0.2, -0.15) is 5.26 Å². The first-order chi connectivity index (χ1) is 10.8. The molecule has 1 aliphatic rings. The second kappa shape index (κ2) is 11.6. The predicted octanol–water partition coefficient (Wildman–Crippen LogP) is 4.43. The molecule has 0 radical (unpaired) electrons. The highest BCUT2D eigenvalue weighted by molar-refractivity contribution is 7.99. The second-order valence-corrected chi connectivity index (χ2v) is 6.90. The van der Waals surface area contributed by atoms with Gasteiger partial charge in [-0.1, -0.05) is 19.1 Å². The highest BCUT2D eigenvalue weighted by Crippen LogP contribution is 2.31. The van der Waals surface area contributed by atoms with E-state index >= 15 is 0 Å². The molecular weight excluding hydrogens is 326 g/mol. The number of para-hydroxylation sites is 1. The van der Waals surface area contributed by atoms with E-state index in [0.29, 0.717) is 6.42 Å². The average Bonchev–Trinajstić information content (AvgIpc) is 2.58. The molecule has 2 rings (SSSR count). The molecule has 0 spiro atoms. The minimum atomic E-state index is 0. The Hall–Kier alpha value is -0.890. The maximum atomic E-state index is 8.58. The Morgan fingerprint density at radius 3 is 2.57 bits per heavy atom. The molecule has 5 heteroatoms. The van der Waals surface area contributed by atoms with E-state index in [4.69, 9.17) is 5.26 Å². The van der Waals surface area contributed by atoms with Crippen LogP contribution in [0.2, 0.25) is 0 Å². The fraction of sp³-hybridized carbons (Fsp3) is 0.611. The molecule has 1 fully saturated rings. The van der Waals surface area contributed by atoms with Gasteiger partial charge in [-0.3, -0.25) is 4.90 Å². The van der Waals surface area contributed by atoms with Crippen LogP contribution in [0.4, 0.5) is 5.69 Å². The summed E-state index contributed by atoms with van der Waals surface area (Å²) < 4.78 is 0. The molecule has 1 heterocycles. The lowest BCUT2D eigenvalue weighted by Crippen LogP contribution is -2.46. The Kier molecular flexibility index (Phi) is 10.2. The first kappa shape index (κ1) is 20.2. The highest BCUT2D eigenvalue weighted by Gasteiger charge is 2.18. The lowest BCUT2D eigenvalue weighted by atomic mass is 10.2. The van der Waals surface area contributed by atoms with Crippen LogP contribution < -0.4 is 4.90 Å². The molecule has 1 saturated heterocycles. The maximum absolute atomic E-state index is 8.58. The molecule has 3 nitrogen and oxygen atoms in total. The molecule has 23 heavy (non-hydrogen) atoms. The minimum Gasteiger partial charge on any atom is -0.368 e. The molecule has 0 aromatic heterocycles. The molecule has 0 N–H and O–H groups in total. The number of hydrogen-bond donors (Lipinski definition) is 0. The number of nitriles is 1. The number of benzene rings is 1. The first-order valence-corrected chi connectivity index (χ1v) is 9.39. The second-order valence-electron chi connectivity index (χ2n) is 5.76. The van der Waals surface area contributed by atoms with Crippen LogP contribution in [-0.2, 0) is 0 Å². The van der Waals surface area contributed by atoms with E-state index in [9.17, 15) is 0 Å². The van der Waals surface area contributed by atoms with Crippen molar-refractivity contribution in [2.24, 2.45) is 0 Å². The summed E-state index contributed by atoms with van der Waals surface area (Å²) >= 11 is 1.97. The number of unbranched alkanes of at least 4 members (excludes halogenated alkanes) is 2. The Bertz CT molecular complexity index is 481. The standard InChI is InChI=1S/C18H27N3S.ClH/c1-2-16-22-18-9-5-4-8-17(18)21-14-12-20(13-15-21)11-7-3-6-10-19;/h4-5,8-9H,2-3,6-7,11-16H2,1H3;1H. The first-order valence-electron chi connectivity index (χ1n) is 8.41. The molecular formula is C18H28ClN3S. The van der Waals surface area contributed by atoms with Gasteiger partial charge in [-0.25, -0.2) is 0 Å². The van der Waals surface area contributed by atoms with Gasteiger partial charge in [0.2, 0.25) is 0 Å². The summed E-state index contributed by atoms with van der Waals surface area (Å²) in [5.74, 6) is 1.19.